The van der Waals surface area contributed by atoms with Gasteiger partial charge in [0.25, 0.3) is 5.91 Å². The van der Waals surface area contributed by atoms with Crippen LogP contribution < -0.4 is 4.74 Å². The quantitative estimate of drug-likeness (QED) is 0.752. The van der Waals surface area contributed by atoms with Crippen LogP contribution in [-0.2, 0) is 23.6 Å². The average Bonchev–Trinajstić information content (AvgIpc) is 3.01. The molecule has 0 unspecified atom stereocenters. The Morgan fingerprint density at radius 3 is 2.54 bits per heavy atom. The van der Waals surface area contributed by atoms with Crippen molar-refractivity contribution in [1.29, 1.82) is 0 Å². The van der Waals surface area contributed by atoms with E-state index < -0.39 is 15.6 Å². The molecule has 1 saturated heterocycles. The molecule has 150 valence electrons. The third kappa shape index (κ3) is 3.64. The zero-order valence-electron chi connectivity index (χ0n) is 16.0. The molecule has 0 radical (unpaired) electrons. The zero-order valence-corrected chi connectivity index (χ0v) is 16.9. The van der Waals surface area contributed by atoms with E-state index >= 15 is 0 Å². The number of nitrogens with zero attached hydrogens (tertiary/aromatic N) is 4. The number of carbonyl (C=O) groups is 1. The lowest BCUT2D eigenvalue weighted by molar-refractivity contribution is -0.00267. The fourth-order valence-electron chi connectivity index (χ4n) is 3.87. The molecule has 0 aliphatic carbocycles. The van der Waals surface area contributed by atoms with Gasteiger partial charge < -0.3 is 9.64 Å². The molecule has 28 heavy (non-hydrogen) atoms. The van der Waals surface area contributed by atoms with Gasteiger partial charge in [0.05, 0.1) is 12.8 Å². The number of aryl methyl sites for hydroxylation is 1. The molecule has 1 aromatic carbocycles. The number of piperidine rings is 1. The summed E-state index contributed by atoms with van der Waals surface area (Å²) in [6, 6.07) is 9.26. The van der Waals surface area contributed by atoms with Gasteiger partial charge >= 0.3 is 0 Å². The molecule has 8 nitrogen and oxygen atoms in total. The normalized spacial score (nSPS) is 19.7. The summed E-state index contributed by atoms with van der Waals surface area (Å²) in [5.41, 5.74) is 0.636. The summed E-state index contributed by atoms with van der Waals surface area (Å²) in [5.74, 6) is 0.614. The van der Waals surface area contributed by atoms with Crippen molar-refractivity contribution in [3.05, 3.63) is 47.8 Å². The maximum absolute atomic E-state index is 12.7. The first-order valence-electron chi connectivity index (χ1n) is 9.27. The number of rotatable bonds is 2. The summed E-state index contributed by atoms with van der Waals surface area (Å²) in [4.78, 5) is 14.4. The third-order valence-corrected chi connectivity index (χ3v) is 6.67. The molecule has 1 amide bonds. The van der Waals surface area contributed by atoms with E-state index in [4.69, 9.17) is 4.74 Å². The van der Waals surface area contributed by atoms with Gasteiger partial charge in [-0.2, -0.15) is 9.40 Å². The fraction of sp³-hybridized carbons (Fsp3) is 0.474. The van der Waals surface area contributed by atoms with Crippen LogP contribution in [0.5, 0.6) is 5.75 Å². The second-order valence-electron chi connectivity index (χ2n) is 7.59. The Labute approximate surface area is 164 Å². The van der Waals surface area contributed by atoms with E-state index in [1.807, 2.05) is 24.3 Å². The molecule has 0 atom stereocenters. The van der Waals surface area contributed by atoms with E-state index in [0.717, 1.165) is 11.3 Å². The van der Waals surface area contributed by atoms with Crippen molar-refractivity contribution >= 4 is 15.9 Å². The van der Waals surface area contributed by atoms with E-state index in [1.165, 1.54) is 10.6 Å². The average molecular weight is 404 g/mol. The highest BCUT2D eigenvalue weighted by Crippen LogP contribution is 2.36. The minimum Gasteiger partial charge on any atom is -0.485 e. The van der Waals surface area contributed by atoms with Gasteiger partial charge in [0.1, 0.15) is 17.0 Å². The van der Waals surface area contributed by atoms with E-state index in [0.29, 0.717) is 38.2 Å². The second-order valence-corrected chi connectivity index (χ2v) is 9.57. The number of aromatic nitrogens is 2. The van der Waals surface area contributed by atoms with Crippen LogP contribution in [0.15, 0.2) is 36.5 Å². The molecular weight excluding hydrogens is 380 g/mol. The number of likely N-dealkylation sites (tertiary alicyclic amines) is 1. The summed E-state index contributed by atoms with van der Waals surface area (Å²) in [5, 5.41) is 4.19. The van der Waals surface area contributed by atoms with Gasteiger partial charge in [-0.25, -0.2) is 8.42 Å². The molecule has 2 aliphatic rings. The van der Waals surface area contributed by atoms with Gasteiger partial charge in [0, 0.05) is 51.3 Å². The largest absolute Gasteiger partial charge is 0.485 e. The Morgan fingerprint density at radius 1 is 1.18 bits per heavy atom. The lowest BCUT2D eigenvalue weighted by atomic mass is 9.90. The number of sulfonamides is 1. The smallest absolute Gasteiger partial charge is 0.274 e. The highest BCUT2D eigenvalue weighted by Gasteiger charge is 2.43. The maximum Gasteiger partial charge on any atom is 0.274 e. The van der Waals surface area contributed by atoms with E-state index in [2.05, 4.69) is 5.10 Å². The number of carbonyl (C=O) groups excluding carboxylic acids is 1. The van der Waals surface area contributed by atoms with Crippen molar-refractivity contribution in [3.8, 4) is 5.75 Å². The van der Waals surface area contributed by atoms with Crippen molar-refractivity contribution in [1.82, 2.24) is 19.0 Å². The zero-order chi connectivity index (χ0) is 19.9. The Morgan fingerprint density at radius 2 is 1.89 bits per heavy atom. The van der Waals surface area contributed by atoms with Crippen LogP contribution in [0.2, 0.25) is 0 Å². The summed E-state index contributed by atoms with van der Waals surface area (Å²) in [6.45, 7) is 1.57. The fourth-order valence-corrected chi connectivity index (χ4v) is 4.71. The molecule has 0 bridgehead atoms. The Kier molecular flexibility index (Phi) is 4.67. The molecular formula is C19H24N4O4S. The van der Waals surface area contributed by atoms with Gasteiger partial charge in [-0.1, -0.05) is 18.2 Å². The first kappa shape index (κ1) is 18.9. The maximum atomic E-state index is 12.7. The highest BCUT2D eigenvalue weighted by atomic mass is 32.2. The lowest BCUT2D eigenvalue weighted by Gasteiger charge is -2.42. The number of hydrogen-bond acceptors (Lipinski definition) is 5. The number of amides is 1. The molecule has 2 aliphatic heterocycles. The van der Waals surface area contributed by atoms with Gasteiger partial charge in [0.2, 0.25) is 10.0 Å². The SMILES string of the molecule is Cn1ccc(C(=O)N2CCC3(CC2)CN(S(C)(=O)=O)Cc2ccccc2O3)n1. The Balaban J connectivity index is 1.57. The van der Waals surface area contributed by atoms with Crippen LogP contribution >= 0.6 is 0 Å². The van der Waals surface area contributed by atoms with Crippen LogP contribution in [0.25, 0.3) is 0 Å². The van der Waals surface area contributed by atoms with Crippen LogP contribution in [0, 0.1) is 0 Å². The lowest BCUT2D eigenvalue weighted by Crippen LogP contribution is -2.55. The van der Waals surface area contributed by atoms with Gasteiger partial charge in [0.15, 0.2) is 0 Å². The summed E-state index contributed by atoms with van der Waals surface area (Å²) in [6.07, 6.45) is 4.10. The number of para-hydroxylation sites is 1. The predicted molar refractivity (Wildman–Crippen MR) is 103 cm³/mol. The minimum atomic E-state index is -3.38. The Bertz CT molecular complexity index is 993. The van der Waals surface area contributed by atoms with Crippen LogP contribution in [0.3, 0.4) is 0 Å². The molecule has 1 spiro atoms. The molecule has 3 heterocycles. The number of fused-ring (bicyclic) bond motifs is 1. The Hall–Kier alpha value is -2.39. The van der Waals surface area contributed by atoms with Gasteiger partial charge in [-0.3, -0.25) is 9.48 Å². The highest BCUT2D eigenvalue weighted by molar-refractivity contribution is 7.88. The van der Waals surface area contributed by atoms with Crippen molar-refractivity contribution in [2.24, 2.45) is 7.05 Å². The monoisotopic (exact) mass is 404 g/mol. The molecule has 0 saturated carbocycles. The molecule has 1 fully saturated rings. The second kappa shape index (κ2) is 6.89. The molecule has 2 aromatic rings. The number of hydrogen-bond donors (Lipinski definition) is 0. The van der Waals surface area contributed by atoms with Crippen LogP contribution in [0.4, 0.5) is 0 Å². The van der Waals surface area contributed by atoms with E-state index in [9.17, 15) is 13.2 Å². The summed E-state index contributed by atoms with van der Waals surface area (Å²) < 4.78 is 34.1. The van der Waals surface area contributed by atoms with Crippen molar-refractivity contribution in [3.63, 3.8) is 0 Å². The first-order valence-corrected chi connectivity index (χ1v) is 11.1. The summed E-state index contributed by atoms with van der Waals surface area (Å²) in [7, 11) is -1.60. The minimum absolute atomic E-state index is 0.107. The molecule has 1 aromatic heterocycles. The van der Waals surface area contributed by atoms with E-state index in [1.54, 1.807) is 28.9 Å². The molecule has 4 rings (SSSR count). The number of benzene rings is 1. The van der Waals surface area contributed by atoms with Crippen molar-refractivity contribution < 1.29 is 17.9 Å². The predicted octanol–water partition coefficient (Wildman–Crippen LogP) is 1.25. The number of ether oxygens (including phenoxy) is 1. The van der Waals surface area contributed by atoms with Crippen LogP contribution in [0.1, 0.15) is 28.9 Å². The van der Waals surface area contributed by atoms with Crippen molar-refractivity contribution in [2.75, 3.05) is 25.9 Å². The van der Waals surface area contributed by atoms with Gasteiger partial charge in [-0.15, -0.1) is 0 Å². The topological polar surface area (TPSA) is 84.7 Å². The first-order chi connectivity index (χ1) is 13.3. The van der Waals surface area contributed by atoms with Crippen LogP contribution in [-0.4, -0.2) is 64.8 Å². The van der Waals surface area contributed by atoms with E-state index in [-0.39, 0.29) is 12.5 Å². The molecule has 9 heteroatoms. The van der Waals surface area contributed by atoms with Gasteiger partial charge in [-0.05, 0) is 12.1 Å². The third-order valence-electron chi connectivity index (χ3n) is 5.47. The standard InChI is InChI=1S/C19H24N4O4S/c1-21-10-7-16(20-21)18(24)22-11-8-19(9-12-22)14-23(28(2,25)26)13-15-5-3-4-6-17(15)27-19/h3-7,10H,8-9,11-14H2,1-2H3. The summed E-state index contributed by atoms with van der Waals surface area (Å²) >= 11 is 0. The molecule has 0 N–H and O–H groups in total. The van der Waals surface area contributed by atoms with Crippen molar-refractivity contribution in [2.45, 2.75) is 25.0 Å².